The molecule has 30 heavy (non-hydrogen) atoms. The maximum Gasteiger partial charge on any atom is 0.337 e. The van der Waals surface area contributed by atoms with E-state index < -0.39 is 17.8 Å². The highest BCUT2D eigenvalue weighted by Gasteiger charge is 2.36. The van der Waals surface area contributed by atoms with E-state index in [1.807, 2.05) is 42.5 Å². The van der Waals surface area contributed by atoms with Crippen LogP contribution in [0, 0.1) is 0 Å². The molecular weight excluding hydrogens is 400 g/mol. The molecule has 3 rings (SSSR count). The molecule has 0 spiro atoms. The van der Waals surface area contributed by atoms with Crippen molar-refractivity contribution in [3.8, 4) is 0 Å². The number of nitrogens with one attached hydrogen (secondary N) is 1. The van der Waals surface area contributed by atoms with E-state index in [1.165, 1.54) is 0 Å². The van der Waals surface area contributed by atoms with Gasteiger partial charge < -0.3 is 15.8 Å². The van der Waals surface area contributed by atoms with E-state index in [0.717, 1.165) is 5.56 Å². The van der Waals surface area contributed by atoms with Crippen molar-refractivity contribution in [3.05, 3.63) is 99.4 Å². The lowest BCUT2D eigenvalue weighted by Gasteiger charge is -2.30. The number of esters is 1. The predicted octanol–water partition coefficient (Wildman–Crippen LogP) is 4.32. The number of allylic oxidation sites excluding steroid dienone is 2. The minimum absolute atomic E-state index is 0.0986. The fraction of sp³-hybridized carbons (Fsp3) is 0.167. The van der Waals surface area contributed by atoms with Gasteiger partial charge in [0.15, 0.2) is 0 Å². The Morgan fingerprint density at radius 3 is 2.43 bits per heavy atom. The van der Waals surface area contributed by atoms with Crippen molar-refractivity contribution < 1.29 is 14.3 Å². The Kier molecular flexibility index (Phi) is 6.75. The molecular formula is C24H23ClN2O3. The van der Waals surface area contributed by atoms with E-state index in [4.69, 9.17) is 22.1 Å². The van der Waals surface area contributed by atoms with E-state index in [1.54, 1.807) is 38.1 Å². The third-order valence-corrected chi connectivity index (χ3v) is 5.08. The first-order valence-corrected chi connectivity index (χ1v) is 9.89. The van der Waals surface area contributed by atoms with Crippen molar-refractivity contribution in [3.63, 3.8) is 0 Å². The average Bonchev–Trinajstić information content (AvgIpc) is 2.71. The maximum atomic E-state index is 13.0. The van der Waals surface area contributed by atoms with Gasteiger partial charge in [0.05, 0.1) is 11.5 Å². The van der Waals surface area contributed by atoms with Crippen LogP contribution in [0.4, 0.5) is 0 Å². The van der Waals surface area contributed by atoms with Crippen LogP contribution in [0.3, 0.4) is 0 Å². The summed E-state index contributed by atoms with van der Waals surface area (Å²) in [4.78, 5) is 25.2. The number of hydrogen-bond donors (Lipinski definition) is 2. The lowest BCUT2D eigenvalue weighted by molar-refractivity contribution is -0.138. The number of rotatable bonds is 6. The smallest absolute Gasteiger partial charge is 0.337 e. The van der Waals surface area contributed by atoms with E-state index in [9.17, 15) is 9.59 Å². The molecule has 5 nitrogen and oxygen atoms in total. The zero-order valence-corrected chi connectivity index (χ0v) is 17.6. The molecule has 2 aromatic carbocycles. The summed E-state index contributed by atoms with van der Waals surface area (Å²) in [5.74, 6) is -1.78. The van der Waals surface area contributed by atoms with Crippen LogP contribution in [-0.2, 0) is 14.3 Å². The highest BCUT2D eigenvalue weighted by atomic mass is 35.5. The minimum Gasteiger partial charge on any atom is -0.458 e. The summed E-state index contributed by atoms with van der Waals surface area (Å²) in [5.41, 5.74) is 9.23. The van der Waals surface area contributed by atoms with Crippen molar-refractivity contribution in [2.75, 3.05) is 6.61 Å². The SMILES string of the molecule is CC1=C(C(N)=O)C(c2cccc(Cl)c2)C(C(=O)OC/C=C/c2ccccc2)=C(C)N1. The van der Waals surface area contributed by atoms with E-state index in [0.29, 0.717) is 33.1 Å². The summed E-state index contributed by atoms with van der Waals surface area (Å²) in [5, 5.41) is 3.58. The number of carbonyl (C=O) groups is 2. The number of ether oxygens (including phenoxy) is 1. The largest absolute Gasteiger partial charge is 0.458 e. The molecule has 154 valence electrons. The molecule has 1 atom stereocenters. The van der Waals surface area contributed by atoms with Gasteiger partial charge in [-0.1, -0.05) is 60.1 Å². The van der Waals surface area contributed by atoms with Crippen LogP contribution in [0.2, 0.25) is 5.02 Å². The second-order valence-electron chi connectivity index (χ2n) is 6.97. The summed E-state index contributed by atoms with van der Waals surface area (Å²) in [6, 6.07) is 16.8. The minimum atomic E-state index is -0.659. The Morgan fingerprint density at radius 1 is 1.07 bits per heavy atom. The summed E-state index contributed by atoms with van der Waals surface area (Å²) in [6.07, 6.45) is 3.64. The van der Waals surface area contributed by atoms with Crippen molar-refractivity contribution in [1.82, 2.24) is 5.32 Å². The topological polar surface area (TPSA) is 81.4 Å². The van der Waals surface area contributed by atoms with Crippen LogP contribution in [0.15, 0.2) is 83.2 Å². The highest BCUT2D eigenvalue weighted by Crippen LogP contribution is 2.39. The predicted molar refractivity (Wildman–Crippen MR) is 118 cm³/mol. The van der Waals surface area contributed by atoms with Crippen molar-refractivity contribution in [2.45, 2.75) is 19.8 Å². The molecule has 1 heterocycles. The summed E-state index contributed by atoms with van der Waals surface area (Å²) in [7, 11) is 0. The van der Waals surface area contributed by atoms with Crippen LogP contribution >= 0.6 is 11.6 Å². The molecule has 0 saturated carbocycles. The number of benzene rings is 2. The molecule has 1 aliphatic heterocycles. The van der Waals surface area contributed by atoms with Crippen LogP contribution in [0.1, 0.15) is 30.9 Å². The fourth-order valence-corrected chi connectivity index (χ4v) is 3.76. The molecule has 1 unspecified atom stereocenters. The molecule has 0 bridgehead atoms. The van der Waals surface area contributed by atoms with Crippen LogP contribution in [0.25, 0.3) is 6.08 Å². The average molecular weight is 423 g/mol. The lowest BCUT2D eigenvalue weighted by Crippen LogP contribution is -2.34. The van der Waals surface area contributed by atoms with Gasteiger partial charge in [0, 0.05) is 22.0 Å². The van der Waals surface area contributed by atoms with Gasteiger partial charge in [-0.05, 0) is 43.2 Å². The van der Waals surface area contributed by atoms with E-state index in [2.05, 4.69) is 5.32 Å². The normalized spacial score (nSPS) is 16.6. The molecule has 0 saturated heterocycles. The first kappa shape index (κ1) is 21.4. The van der Waals surface area contributed by atoms with Gasteiger partial charge in [-0.25, -0.2) is 4.79 Å². The Labute approximate surface area is 180 Å². The number of halogens is 1. The monoisotopic (exact) mass is 422 g/mol. The third-order valence-electron chi connectivity index (χ3n) is 4.85. The van der Waals surface area contributed by atoms with Gasteiger partial charge in [-0.15, -0.1) is 0 Å². The van der Waals surface area contributed by atoms with Crippen molar-refractivity contribution in [1.29, 1.82) is 0 Å². The molecule has 2 aromatic rings. The van der Waals surface area contributed by atoms with Crippen LogP contribution in [-0.4, -0.2) is 18.5 Å². The van der Waals surface area contributed by atoms with E-state index in [-0.39, 0.29) is 6.61 Å². The molecule has 3 N–H and O–H groups in total. The summed E-state index contributed by atoms with van der Waals surface area (Å²) in [6.45, 7) is 3.63. The van der Waals surface area contributed by atoms with Gasteiger partial charge in [0.2, 0.25) is 5.91 Å². The van der Waals surface area contributed by atoms with Gasteiger partial charge in [0.1, 0.15) is 6.61 Å². The standard InChI is InChI=1S/C24H23ClN2O3/c1-15-20(23(26)28)22(18-11-6-12-19(25)14-18)21(16(2)27-15)24(29)30-13-7-10-17-8-4-3-5-9-17/h3-12,14,22,27H,13H2,1-2H3,(H2,26,28)/b10-7+. The number of carbonyl (C=O) groups excluding carboxylic acids is 2. The third kappa shape index (κ3) is 4.81. The van der Waals surface area contributed by atoms with Gasteiger partial charge in [-0.3, -0.25) is 4.79 Å². The Morgan fingerprint density at radius 2 is 1.77 bits per heavy atom. The molecule has 6 heteroatoms. The second-order valence-corrected chi connectivity index (χ2v) is 7.40. The van der Waals surface area contributed by atoms with Crippen LogP contribution < -0.4 is 11.1 Å². The first-order chi connectivity index (χ1) is 14.4. The Bertz CT molecular complexity index is 1060. The van der Waals surface area contributed by atoms with E-state index >= 15 is 0 Å². The number of nitrogens with two attached hydrogens (primary N) is 1. The molecule has 0 aliphatic carbocycles. The number of dihydropyridines is 1. The van der Waals surface area contributed by atoms with Crippen molar-refractivity contribution in [2.24, 2.45) is 5.73 Å². The van der Waals surface area contributed by atoms with Gasteiger partial charge >= 0.3 is 5.97 Å². The molecule has 0 aromatic heterocycles. The Balaban J connectivity index is 1.88. The van der Waals surface area contributed by atoms with Crippen LogP contribution in [0.5, 0.6) is 0 Å². The second kappa shape index (κ2) is 9.46. The summed E-state index contributed by atoms with van der Waals surface area (Å²) >= 11 is 6.16. The number of primary amides is 1. The first-order valence-electron chi connectivity index (χ1n) is 9.51. The molecule has 0 fully saturated rings. The maximum absolute atomic E-state index is 13.0. The number of amides is 1. The zero-order valence-electron chi connectivity index (χ0n) is 16.8. The summed E-state index contributed by atoms with van der Waals surface area (Å²) < 4.78 is 5.49. The number of hydrogen-bond acceptors (Lipinski definition) is 4. The molecule has 1 amide bonds. The van der Waals surface area contributed by atoms with Crippen molar-refractivity contribution >= 4 is 29.6 Å². The fourth-order valence-electron chi connectivity index (χ4n) is 3.56. The Hall–Kier alpha value is -3.31. The zero-order chi connectivity index (χ0) is 21.7. The lowest BCUT2D eigenvalue weighted by atomic mass is 9.80. The van der Waals surface area contributed by atoms with Gasteiger partial charge in [0.25, 0.3) is 0 Å². The quantitative estimate of drug-likeness (QED) is 0.679. The molecule has 0 radical (unpaired) electrons. The molecule has 1 aliphatic rings. The van der Waals surface area contributed by atoms with Gasteiger partial charge in [-0.2, -0.15) is 0 Å². The highest BCUT2D eigenvalue weighted by molar-refractivity contribution is 6.30.